The van der Waals surface area contributed by atoms with Crippen LogP contribution in [0.3, 0.4) is 0 Å². The second-order valence-electron chi connectivity index (χ2n) is 5.94. The van der Waals surface area contributed by atoms with Crippen molar-refractivity contribution in [2.45, 2.75) is 12.8 Å². The van der Waals surface area contributed by atoms with Crippen molar-refractivity contribution in [3.63, 3.8) is 0 Å². The standard InChI is InChI=1S/C18H16Cl2N2O4/c19-12-3-4-15(14(20)10-12)26-16-13(2-1-7-21-16)17(23)22-8-5-11(6-9-22)18(24)25/h1-4,7,10-11H,5-6,8-9H2,(H,24,25). The van der Waals surface area contributed by atoms with Crippen LogP contribution in [-0.2, 0) is 4.79 Å². The minimum Gasteiger partial charge on any atom is -0.481 e. The molecule has 1 aliphatic rings. The minimum absolute atomic E-state index is 0.141. The third-order valence-corrected chi connectivity index (χ3v) is 4.76. The van der Waals surface area contributed by atoms with Crippen molar-refractivity contribution >= 4 is 35.1 Å². The SMILES string of the molecule is O=C(O)C1CCN(C(=O)c2cccnc2Oc2ccc(Cl)cc2Cl)CC1. The van der Waals surface area contributed by atoms with E-state index in [2.05, 4.69) is 4.98 Å². The number of nitrogens with zero attached hydrogens (tertiary/aromatic N) is 2. The second kappa shape index (κ2) is 7.93. The lowest BCUT2D eigenvalue weighted by Gasteiger charge is -2.30. The van der Waals surface area contributed by atoms with Crippen LogP contribution in [0.15, 0.2) is 36.5 Å². The molecule has 0 atom stereocenters. The summed E-state index contributed by atoms with van der Waals surface area (Å²) in [5.41, 5.74) is 0.298. The quantitative estimate of drug-likeness (QED) is 0.843. The van der Waals surface area contributed by atoms with E-state index in [9.17, 15) is 9.59 Å². The highest BCUT2D eigenvalue weighted by atomic mass is 35.5. The largest absolute Gasteiger partial charge is 0.481 e. The molecule has 1 aromatic heterocycles. The van der Waals surface area contributed by atoms with Gasteiger partial charge in [-0.2, -0.15) is 0 Å². The van der Waals surface area contributed by atoms with E-state index < -0.39 is 11.9 Å². The molecule has 26 heavy (non-hydrogen) atoms. The minimum atomic E-state index is -0.820. The summed E-state index contributed by atoms with van der Waals surface area (Å²) in [6.07, 6.45) is 2.38. The van der Waals surface area contributed by atoms with Gasteiger partial charge in [0.1, 0.15) is 11.3 Å². The molecule has 1 N–H and O–H groups in total. The number of ether oxygens (including phenoxy) is 1. The molecule has 1 saturated heterocycles. The normalized spacial score (nSPS) is 14.9. The number of amides is 1. The first kappa shape index (κ1) is 18.5. The Morgan fingerprint density at radius 3 is 2.58 bits per heavy atom. The van der Waals surface area contributed by atoms with Gasteiger partial charge in [0.15, 0.2) is 0 Å². The Morgan fingerprint density at radius 1 is 1.19 bits per heavy atom. The fraction of sp³-hybridized carbons (Fsp3) is 0.278. The molecule has 2 aromatic rings. The summed E-state index contributed by atoms with van der Waals surface area (Å²) in [7, 11) is 0. The highest BCUT2D eigenvalue weighted by molar-refractivity contribution is 6.35. The first-order chi connectivity index (χ1) is 12.5. The van der Waals surface area contributed by atoms with E-state index in [-0.39, 0.29) is 11.8 Å². The molecule has 1 fully saturated rings. The van der Waals surface area contributed by atoms with E-state index in [0.717, 1.165) is 0 Å². The summed E-state index contributed by atoms with van der Waals surface area (Å²) < 4.78 is 5.72. The Bertz CT molecular complexity index is 836. The Balaban J connectivity index is 1.79. The number of halogens is 2. The Labute approximate surface area is 160 Å². The van der Waals surface area contributed by atoms with Crippen molar-refractivity contribution in [3.05, 3.63) is 52.1 Å². The molecule has 136 valence electrons. The monoisotopic (exact) mass is 394 g/mol. The summed E-state index contributed by atoms with van der Waals surface area (Å²) >= 11 is 12.0. The maximum absolute atomic E-state index is 12.8. The van der Waals surface area contributed by atoms with Gasteiger partial charge in [0.2, 0.25) is 5.88 Å². The topological polar surface area (TPSA) is 79.7 Å². The first-order valence-corrected chi connectivity index (χ1v) is 8.81. The van der Waals surface area contributed by atoms with Gasteiger partial charge in [-0.25, -0.2) is 4.98 Å². The molecular weight excluding hydrogens is 379 g/mol. The molecule has 1 aromatic carbocycles. The number of carbonyl (C=O) groups is 2. The first-order valence-electron chi connectivity index (χ1n) is 8.05. The van der Waals surface area contributed by atoms with Gasteiger partial charge >= 0.3 is 5.97 Å². The Hall–Kier alpha value is -2.31. The van der Waals surface area contributed by atoms with Crippen LogP contribution in [0.1, 0.15) is 23.2 Å². The van der Waals surface area contributed by atoms with Crippen molar-refractivity contribution in [2.75, 3.05) is 13.1 Å². The number of carboxylic acids is 1. The number of piperidine rings is 1. The van der Waals surface area contributed by atoms with Gasteiger partial charge in [-0.05, 0) is 43.2 Å². The lowest BCUT2D eigenvalue weighted by Crippen LogP contribution is -2.40. The van der Waals surface area contributed by atoms with E-state index in [4.69, 9.17) is 33.0 Å². The molecule has 0 radical (unpaired) electrons. The zero-order valence-electron chi connectivity index (χ0n) is 13.7. The maximum Gasteiger partial charge on any atom is 0.306 e. The van der Waals surface area contributed by atoms with E-state index in [1.807, 2.05) is 0 Å². The molecule has 8 heteroatoms. The molecule has 0 aliphatic carbocycles. The van der Waals surface area contributed by atoms with Gasteiger partial charge in [-0.15, -0.1) is 0 Å². The number of likely N-dealkylation sites (tertiary alicyclic amines) is 1. The van der Waals surface area contributed by atoms with Crippen LogP contribution in [0, 0.1) is 5.92 Å². The van der Waals surface area contributed by atoms with Crippen LogP contribution in [0.4, 0.5) is 0 Å². The molecule has 0 spiro atoms. The smallest absolute Gasteiger partial charge is 0.306 e. The second-order valence-corrected chi connectivity index (χ2v) is 6.78. The van der Waals surface area contributed by atoms with Crippen LogP contribution in [0.2, 0.25) is 10.0 Å². The average molecular weight is 395 g/mol. The number of aliphatic carboxylic acids is 1. The molecule has 0 bridgehead atoms. The molecule has 0 unspecified atom stereocenters. The lowest BCUT2D eigenvalue weighted by atomic mass is 9.97. The van der Waals surface area contributed by atoms with E-state index >= 15 is 0 Å². The third kappa shape index (κ3) is 4.08. The average Bonchev–Trinajstić information content (AvgIpc) is 2.64. The highest BCUT2D eigenvalue weighted by Crippen LogP contribution is 2.32. The predicted octanol–water partition coefficient (Wildman–Crippen LogP) is 4.12. The molecule has 6 nitrogen and oxygen atoms in total. The van der Waals surface area contributed by atoms with Crippen LogP contribution < -0.4 is 4.74 Å². The highest BCUT2D eigenvalue weighted by Gasteiger charge is 2.29. The molecular formula is C18H16Cl2N2O4. The summed E-state index contributed by atoms with van der Waals surface area (Å²) in [5, 5.41) is 9.86. The zero-order chi connectivity index (χ0) is 18.7. The number of rotatable bonds is 4. The number of carbonyl (C=O) groups excluding carboxylic acids is 1. The lowest BCUT2D eigenvalue weighted by molar-refractivity contribution is -0.143. The van der Waals surface area contributed by atoms with Crippen LogP contribution in [-0.4, -0.2) is 40.0 Å². The van der Waals surface area contributed by atoms with E-state index in [1.54, 1.807) is 35.2 Å². The van der Waals surface area contributed by atoms with Gasteiger partial charge in [0.25, 0.3) is 5.91 Å². The van der Waals surface area contributed by atoms with Crippen molar-refractivity contribution in [3.8, 4) is 11.6 Å². The Kier molecular flexibility index (Phi) is 5.64. The van der Waals surface area contributed by atoms with Crippen LogP contribution >= 0.6 is 23.2 Å². The van der Waals surface area contributed by atoms with Gasteiger partial charge in [-0.1, -0.05) is 23.2 Å². The van der Waals surface area contributed by atoms with Gasteiger partial charge in [0.05, 0.1) is 10.9 Å². The fourth-order valence-electron chi connectivity index (χ4n) is 2.80. The van der Waals surface area contributed by atoms with Crippen molar-refractivity contribution in [1.82, 2.24) is 9.88 Å². The van der Waals surface area contributed by atoms with Crippen LogP contribution in [0.5, 0.6) is 11.6 Å². The number of aromatic nitrogens is 1. The number of pyridine rings is 1. The van der Waals surface area contributed by atoms with Gasteiger partial charge in [0, 0.05) is 24.3 Å². The van der Waals surface area contributed by atoms with Crippen molar-refractivity contribution in [1.29, 1.82) is 0 Å². The summed E-state index contributed by atoms with van der Waals surface area (Å²) in [6.45, 7) is 0.762. The van der Waals surface area contributed by atoms with Gasteiger partial charge < -0.3 is 14.7 Å². The molecule has 3 rings (SSSR count). The molecule has 1 aliphatic heterocycles. The van der Waals surface area contributed by atoms with Crippen molar-refractivity contribution < 1.29 is 19.4 Å². The van der Waals surface area contributed by atoms with E-state index in [1.165, 1.54) is 6.20 Å². The summed E-state index contributed by atoms with van der Waals surface area (Å²) in [5.74, 6) is -0.992. The van der Waals surface area contributed by atoms with Crippen molar-refractivity contribution in [2.24, 2.45) is 5.92 Å². The van der Waals surface area contributed by atoms with Gasteiger partial charge in [-0.3, -0.25) is 9.59 Å². The maximum atomic E-state index is 12.8. The Morgan fingerprint density at radius 2 is 1.92 bits per heavy atom. The number of carboxylic acid groups (broad SMARTS) is 1. The van der Waals surface area contributed by atoms with E-state index in [0.29, 0.717) is 47.3 Å². The molecule has 0 saturated carbocycles. The zero-order valence-corrected chi connectivity index (χ0v) is 15.2. The molecule has 2 heterocycles. The molecule has 1 amide bonds. The number of benzene rings is 1. The number of hydrogen-bond donors (Lipinski definition) is 1. The summed E-state index contributed by atoms with van der Waals surface area (Å²) in [6, 6.07) is 8.04. The predicted molar refractivity (Wildman–Crippen MR) is 97.0 cm³/mol. The summed E-state index contributed by atoms with van der Waals surface area (Å²) in [4.78, 5) is 29.6. The van der Waals surface area contributed by atoms with Crippen LogP contribution in [0.25, 0.3) is 0 Å². The third-order valence-electron chi connectivity index (χ3n) is 4.23. The fourth-order valence-corrected chi connectivity index (χ4v) is 3.24. The number of hydrogen-bond acceptors (Lipinski definition) is 4.